The molecule has 0 aliphatic carbocycles. The third-order valence-corrected chi connectivity index (χ3v) is 6.16. The minimum Gasteiger partial charge on any atom is -0.490 e. The van der Waals surface area contributed by atoms with Crippen molar-refractivity contribution in [2.75, 3.05) is 18.1 Å². The summed E-state index contributed by atoms with van der Waals surface area (Å²) >= 11 is 5.62. The van der Waals surface area contributed by atoms with E-state index in [1.807, 2.05) is 11.8 Å². The van der Waals surface area contributed by atoms with E-state index in [2.05, 4.69) is 41.1 Å². The SMILES string of the molecule is Cc1cccc(CBr)c1OC1CCOC2(CCSCC2)C1. The summed E-state index contributed by atoms with van der Waals surface area (Å²) in [7, 11) is 0. The second kappa shape index (κ2) is 6.93. The van der Waals surface area contributed by atoms with E-state index in [1.54, 1.807) is 0 Å². The van der Waals surface area contributed by atoms with Crippen LogP contribution in [0.5, 0.6) is 5.75 Å². The van der Waals surface area contributed by atoms with E-state index in [9.17, 15) is 0 Å². The molecule has 0 aromatic heterocycles. The summed E-state index contributed by atoms with van der Waals surface area (Å²) in [5.41, 5.74) is 2.56. The van der Waals surface area contributed by atoms with Crippen LogP contribution in [-0.2, 0) is 10.1 Å². The van der Waals surface area contributed by atoms with Crippen molar-refractivity contribution in [2.45, 2.75) is 49.6 Å². The highest BCUT2D eigenvalue weighted by Crippen LogP contribution is 2.39. The van der Waals surface area contributed by atoms with Gasteiger partial charge in [-0.2, -0.15) is 11.8 Å². The molecular weight excluding hydrogens is 348 g/mol. The van der Waals surface area contributed by atoms with Gasteiger partial charge in [-0.25, -0.2) is 0 Å². The van der Waals surface area contributed by atoms with Crippen LogP contribution >= 0.6 is 27.7 Å². The molecule has 0 bridgehead atoms. The highest BCUT2D eigenvalue weighted by molar-refractivity contribution is 9.08. The van der Waals surface area contributed by atoms with Gasteiger partial charge in [-0.05, 0) is 36.8 Å². The van der Waals surface area contributed by atoms with E-state index in [-0.39, 0.29) is 5.60 Å². The highest BCUT2D eigenvalue weighted by atomic mass is 79.9. The number of thioether (sulfide) groups is 1. The molecule has 3 rings (SSSR count). The topological polar surface area (TPSA) is 18.5 Å². The van der Waals surface area contributed by atoms with Crippen molar-refractivity contribution in [3.8, 4) is 5.75 Å². The smallest absolute Gasteiger partial charge is 0.126 e. The average molecular weight is 371 g/mol. The number of ether oxygens (including phenoxy) is 2. The maximum atomic E-state index is 6.42. The van der Waals surface area contributed by atoms with Crippen molar-refractivity contribution in [1.82, 2.24) is 0 Å². The van der Waals surface area contributed by atoms with Crippen LogP contribution in [0, 0.1) is 6.92 Å². The molecule has 1 spiro atoms. The molecule has 2 aliphatic heterocycles. The molecule has 2 fully saturated rings. The summed E-state index contributed by atoms with van der Waals surface area (Å²) in [5.74, 6) is 3.52. The van der Waals surface area contributed by atoms with Gasteiger partial charge in [0.25, 0.3) is 0 Å². The first kappa shape index (κ1) is 15.7. The first-order valence-electron chi connectivity index (χ1n) is 7.75. The Labute approximate surface area is 140 Å². The van der Waals surface area contributed by atoms with Gasteiger partial charge in [0.1, 0.15) is 11.9 Å². The summed E-state index contributed by atoms with van der Waals surface area (Å²) in [4.78, 5) is 0. The Balaban J connectivity index is 1.73. The minimum atomic E-state index is 0.0887. The Kier molecular flexibility index (Phi) is 5.18. The van der Waals surface area contributed by atoms with Gasteiger partial charge in [0.05, 0.1) is 12.2 Å². The van der Waals surface area contributed by atoms with Crippen molar-refractivity contribution in [3.05, 3.63) is 29.3 Å². The molecule has 1 atom stereocenters. The van der Waals surface area contributed by atoms with E-state index >= 15 is 0 Å². The maximum Gasteiger partial charge on any atom is 0.126 e. The lowest BCUT2D eigenvalue weighted by Crippen LogP contribution is -2.46. The third kappa shape index (κ3) is 3.59. The molecule has 1 aromatic carbocycles. The Bertz CT molecular complexity index is 480. The molecule has 116 valence electrons. The van der Waals surface area contributed by atoms with Crippen LogP contribution in [0.2, 0.25) is 0 Å². The normalized spacial score (nSPS) is 25.0. The lowest BCUT2D eigenvalue weighted by molar-refractivity contribution is -0.116. The van der Waals surface area contributed by atoms with Crippen molar-refractivity contribution < 1.29 is 9.47 Å². The molecule has 2 nitrogen and oxygen atoms in total. The Hall–Kier alpha value is -0.190. The highest BCUT2D eigenvalue weighted by Gasteiger charge is 2.39. The molecule has 1 aromatic rings. The van der Waals surface area contributed by atoms with Crippen LogP contribution in [-0.4, -0.2) is 29.8 Å². The Morgan fingerprint density at radius 1 is 1.38 bits per heavy atom. The van der Waals surface area contributed by atoms with Crippen LogP contribution in [0.1, 0.15) is 36.8 Å². The van der Waals surface area contributed by atoms with E-state index in [1.165, 1.54) is 35.5 Å². The second-order valence-corrected chi connectivity index (χ2v) is 7.86. The van der Waals surface area contributed by atoms with Crippen molar-refractivity contribution in [1.29, 1.82) is 0 Å². The number of alkyl halides is 1. The van der Waals surface area contributed by atoms with Gasteiger partial charge in [-0.3, -0.25) is 0 Å². The molecule has 4 heteroatoms. The molecule has 0 N–H and O–H groups in total. The molecule has 21 heavy (non-hydrogen) atoms. The average Bonchev–Trinajstić information content (AvgIpc) is 2.50. The van der Waals surface area contributed by atoms with E-state index < -0.39 is 0 Å². The Morgan fingerprint density at radius 2 is 2.19 bits per heavy atom. The number of benzene rings is 1. The number of para-hydroxylation sites is 1. The zero-order valence-electron chi connectivity index (χ0n) is 12.6. The largest absolute Gasteiger partial charge is 0.490 e. The second-order valence-electron chi connectivity index (χ2n) is 6.07. The van der Waals surface area contributed by atoms with E-state index in [4.69, 9.17) is 9.47 Å². The quantitative estimate of drug-likeness (QED) is 0.717. The van der Waals surface area contributed by atoms with Gasteiger partial charge >= 0.3 is 0 Å². The summed E-state index contributed by atoms with van der Waals surface area (Å²) in [6, 6.07) is 6.37. The van der Waals surface area contributed by atoms with Gasteiger partial charge < -0.3 is 9.47 Å². The lowest BCUT2D eigenvalue weighted by Gasteiger charge is -2.43. The Morgan fingerprint density at radius 3 is 2.95 bits per heavy atom. The van der Waals surface area contributed by atoms with Crippen molar-refractivity contribution in [3.63, 3.8) is 0 Å². The van der Waals surface area contributed by atoms with Crippen molar-refractivity contribution >= 4 is 27.7 Å². The van der Waals surface area contributed by atoms with E-state index in [0.29, 0.717) is 6.10 Å². The van der Waals surface area contributed by atoms with Crippen LogP contribution in [0.4, 0.5) is 0 Å². The number of rotatable bonds is 3. The lowest BCUT2D eigenvalue weighted by atomic mass is 9.86. The molecule has 1 unspecified atom stereocenters. The van der Waals surface area contributed by atoms with Gasteiger partial charge in [0.15, 0.2) is 0 Å². The molecule has 0 radical (unpaired) electrons. The molecule has 0 saturated carbocycles. The van der Waals surface area contributed by atoms with Gasteiger partial charge in [0, 0.05) is 23.7 Å². The van der Waals surface area contributed by atoms with Crippen molar-refractivity contribution in [2.24, 2.45) is 0 Å². The number of hydrogen-bond donors (Lipinski definition) is 0. The molecular formula is C17H23BrO2S. The standard InChI is InChI=1S/C17H23BrO2S/c1-13-3-2-4-14(12-18)16(13)20-15-5-8-19-17(11-15)6-9-21-10-7-17/h2-4,15H,5-12H2,1H3. The van der Waals surface area contributed by atoms with Gasteiger partial charge in [-0.1, -0.05) is 34.1 Å². The third-order valence-electron chi connectivity index (χ3n) is 4.57. The number of halogens is 1. The summed E-state index contributed by atoms with van der Waals surface area (Å²) in [6.07, 6.45) is 4.70. The summed E-state index contributed by atoms with van der Waals surface area (Å²) in [5, 5.41) is 0.842. The van der Waals surface area contributed by atoms with Gasteiger partial charge in [-0.15, -0.1) is 0 Å². The summed E-state index contributed by atoms with van der Waals surface area (Å²) in [6.45, 7) is 2.97. The number of aryl methyl sites for hydroxylation is 1. The van der Waals surface area contributed by atoms with Gasteiger partial charge in [0.2, 0.25) is 0 Å². The predicted molar refractivity (Wildman–Crippen MR) is 92.7 cm³/mol. The fourth-order valence-corrected chi connectivity index (χ4v) is 5.01. The molecule has 2 saturated heterocycles. The predicted octanol–water partition coefficient (Wildman–Crippen LogP) is 4.71. The monoisotopic (exact) mass is 370 g/mol. The molecule has 2 heterocycles. The first-order chi connectivity index (χ1) is 10.2. The molecule has 0 amide bonds. The van der Waals surface area contributed by atoms with Crippen LogP contribution in [0.15, 0.2) is 18.2 Å². The van der Waals surface area contributed by atoms with E-state index in [0.717, 1.165) is 30.5 Å². The maximum absolute atomic E-state index is 6.42. The van der Waals surface area contributed by atoms with Crippen LogP contribution in [0.3, 0.4) is 0 Å². The fraction of sp³-hybridized carbons (Fsp3) is 0.647. The molecule has 2 aliphatic rings. The minimum absolute atomic E-state index is 0.0887. The number of hydrogen-bond acceptors (Lipinski definition) is 3. The van der Waals surface area contributed by atoms with Crippen LogP contribution in [0.25, 0.3) is 0 Å². The van der Waals surface area contributed by atoms with Crippen LogP contribution < -0.4 is 4.74 Å². The zero-order chi connectivity index (χ0) is 14.7. The summed E-state index contributed by atoms with van der Waals surface area (Å²) < 4.78 is 12.6. The first-order valence-corrected chi connectivity index (χ1v) is 10.0. The zero-order valence-corrected chi connectivity index (χ0v) is 15.0. The fourth-order valence-electron chi connectivity index (χ4n) is 3.33.